The van der Waals surface area contributed by atoms with Gasteiger partial charge in [-0.25, -0.2) is 8.42 Å². The highest BCUT2D eigenvalue weighted by Crippen LogP contribution is 2.21. The van der Waals surface area contributed by atoms with Crippen LogP contribution in [0.2, 0.25) is 0 Å². The van der Waals surface area contributed by atoms with Crippen LogP contribution in [-0.2, 0) is 26.1 Å². The van der Waals surface area contributed by atoms with Crippen LogP contribution >= 0.6 is 0 Å². The van der Waals surface area contributed by atoms with E-state index >= 15 is 0 Å². The second-order valence-corrected chi connectivity index (χ2v) is 8.18. The number of anilines is 1. The second kappa shape index (κ2) is 8.07. The minimum Gasteiger partial charge on any atom is -0.480 e. The standard InChI is InChI=1S/C17H23N3O5S/c21-17(22)13-20-6-4-14-12-15(2-3-16(14)20)18-26(23,24)11-1-5-19-7-9-25-10-8-19/h2-4,6,12,18H,1,5,7-11,13H2,(H,21,22). The lowest BCUT2D eigenvalue weighted by Gasteiger charge is -2.26. The van der Waals surface area contributed by atoms with Crippen LogP contribution in [-0.4, -0.2) is 67.6 Å². The molecule has 1 aromatic carbocycles. The van der Waals surface area contributed by atoms with Gasteiger partial charge in [0, 0.05) is 35.9 Å². The molecule has 1 aliphatic rings. The number of ether oxygens (including phenoxy) is 1. The van der Waals surface area contributed by atoms with Gasteiger partial charge in [-0.05, 0) is 37.2 Å². The number of rotatable bonds is 8. The molecule has 0 amide bonds. The first-order valence-corrected chi connectivity index (χ1v) is 10.2. The molecule has 0 spiro atoms. The maximum Gasteiger partial charge on any atom is 0.323 e. The van der Waals surface area contributed by atoms with Gasteiger partial charge in [0.2, 0.25) is 10.0 Å². The van der Waals surface area contributed by atoms with E-state index in [1.807, 2.05) is 0 Å². The van der Waals surface area contributed by atoms with Crippen LogP contribution in [0.4, 0.5) is 5.69 Å². The van der Waals surface area contributed by atoms with Crippen LogP contribution in [0.3, 0.4) is 0 Å². The Balaban J connectivity index is 1.59. The van der Waals surface area contributed by atoms with Crippen molar-refractivity contribution in [2.45, 2.75) is 13.0 Å². The molecule has 0 radical (unpaired) electrons. The Kier molecular flexibility index (Phi) is 5.80. The van der Waals surface area contributed by atoms with Gasteiger partial charge < -0.3 is 14.4 Å². The molecule has 0 saturated carbocycles. The number of carboxylic acids is 1. The van der Waals surface area contributed by atoms with E-state index in [1.165, 1.54) is 0 Å². The van der Waals surface area contributed by atoms with Crippen molar-refractivity contribution < 1.29 is 23.1 Å². The van der Waals surface area contributed by atoms with Gasteiger partial charge in [0.15, 0.2) is 0 Å². The average Bonchev–Trinajstić information content (AvgIpc) is 2.97. The summed E-state index contributed by atoms with van der Waals surface area (Å²) < 4.78 is 34.1. The van der Waals surface area contributed by atoms with E-state index in [2.05, 4.69) is 9.62 Å². The third kappa shape index (κ3) is 4.96. The van der Waals surface area contributed by atoms with E-state index in [4.69, 9.17) is 9.84 Å². The fourth-order valence-electron chi connectivity index (χ4n) is 3.08. The SMILES string of the molecule is O=C(O)Cn1ccc2cc(NS(=O)(=O)CCCN3CCOCC3)ccc21. The van der Waals surface area contributed by atoms with E-state index in [-0.39, 0.29) is 12.3 Å². The smallest absolute Gasteiger partial charge is 0.323 e. The molecule has 3 rings (SSSR count). The number of aliphatic carboxylic acids is 1. The number of carbonyl (C=O) groups is 1. The molecule has 142 valence electrons. The lowest BCUT2D eigenvalue weighted by atomic mass is 10.2. The maximum absolute atomic E-state index is 12.3. The van der Waals surface area contributed by atoms with Crippen molar-refractivity contribution in [1.29, 1.82) is 0 Å². The summed E-state index contributed by atoms with van der Waals surface area (Å²) in [6, 6.07) is 6.87. The highest BCUT2D eigenvalue weighted by Gasteiger charge is 2.14. The maximum atomic E-state index is 12.3. The van der Waals surface area contributed by atoms with Crippen LogP contribution in [0.25, 0.3) is 10.9 Å². The number of nitrogens with one attached hydrogen (secondary N) is 1. The Bertz CT molecular complexity index is 872. The number of sulfonamides is 1. The molecule has 0 unspecified atom stereocenters. The van der Waals surface area contributed by atoms with Gasteiger partial charge in [-0.1, -0.05) is 0 Å². The molecule has 2 heterocycles. The zero-order valence-electron chi connectivity index (χ0n) is 14.4. The van der Waals surface area contributed by atoms with Gasteiger partial charge in [-0.2, -0.15) is 0 Å². The predicted molar refractivity (Wildman–Crippen MR) is 98.9 cm³/mol. The minimum atomic E-state index is -3.43. The Morgan fingerprint density at radius 1 is 1.23 bits per heavy atom. The average molecular weight is 381 g/mol. The fraction of sp³-hybridized carbons (Fsp3) is 0.471. The topological polar surface area (TPSA) is 101 Å². The van der Waals surface area contributed by atoms with E-state index in [9.17, 15) is 13.2 Å². The van der Waals surface area contributed by atoms with Crippen LogP contribution in [0.5, 0.6) is 0 Å². The molecule has 1 fully saturated rings. The van der Waals surface area contributed by atoms with Crippen molar-refractivity contribution in [3.05, 3.63) is 30.5 Å². The molecule has 0 atom stereocenters. The number of nitrogens with zero attached hydrogens (tertiary/aromatic N) is 2. The van der Waals surface area contributed by atoms with Crippen molar-refractivity contribution in [2.75, 3.05) is 43.3 Å². The van der Waals surface area contributed by atoms with Crippen molar-refractivity contribution in [3.8, 4) is 0 Å². The van der Waals surface area contributed by atoms with Gasteiger partial charge in [-0.15, -0.1) is 0 Å². The molecule has 2 N–H and O–H groups in total. The van der Waals surface area contributed by atoms with E-state index in [0.717, 1.165) is 30.5 Å². The molecular weight excluding hydrogens is 358 g/mol. The van der Waals surface area contributed by atoms with Gasteiger partial charge in [0.25, 0.3) is 0 Å². The third-order valence-electron chi connectivity index (χ3n) is 4.34. The molecule has 1 aliphatic heterocycles. The monoisotopic (exact) mass is 381 g/mol. The number of aromatic nitrogens is 1. The van der Waals surface area contributed by atoms with Gasteiger partial charge >= 0.3 is 5.97 Å². The first kappa shape index (κ1) is 18.7. The first-order valence-electron chi connectivity index (χ1n) is 8.54. The highest BCUT2D eigenvalue weighted by atomic mass is 32.2. The Morgan fingerprint density at radius 3 is 2.73 bits per heavy atom. The largest absolute Gasteiger partial charge is 0.480 e. The zero-order valence-corrected chi connectivity index (χ0v) is 15.2. The second-order valence-electron chi connectivity index (χ2n) is 6.34. The van der Waals surface area contributed by atoms with Gasteiger partial charge in [0.05, 0.1) is 19.0 Å². The molecule has 2 aromatic rings. The van der Waals surface area contributed by atoms with Crippen LogP contribution < -0.4 is 4.72 Å². The van der Waals surface area contributed by atoms with E-state index in [1.54, 1.807) is 35.0 Å². The van der Waals surface area contributed by atoms with Gasteiger partial charge in [-0.3, -0.25) is 14.4 Å². The molecule has 0 aliphatic carbocycles. The Morgan fingerprint density at radius 2 is 2.00 bits per heavy atom. The summed E-state index contributed by atoms with van der Waals surface area (Å²) in [7, 11) is -3.43. The number of carboxylic acid groups (broad SMARTS) is 1. The van der Waals surface area contributed by atoms with Gasteiger partial charge in [0.1, 0.15) is 6.54 Å². The first-order chi connectivity index (χ1) is 12.4. The summed E-state index contributed by atoms with van der Waals surface area (Å²) in [5, 5.41) is 9.70. The molecule has 9 heteroatoms. The van der Waals surface area contributed by atoms with Crippen molar-refractivity contribution in [3.63, 3.8) is 0 Å². The number of hydrogen-bond donors (Lipinski definition) is 2. The Labute approximate surface area is 152 Å². The molecular formula is C17H23N3O5S. The number of morpholine rings is 1. The third-order valence-corrected chi connectivity index (χ3v) is 5.71. The molecule has 8 nitrogen and oxygen atoms in total. The summed E-state index contributed by atoms with van der Waals surface area (Å²) >= 11 is 0. The van der Waals surface area contributed by atoms with E-state index in [0.29, 0.717) is 25.3 Å². The normalized spacial score (nSPS) is 16.0. The number of benzene rings is 1. The van der Waals surface area contributed by atoms with E-state index < -0.39 is 16.0 Å². The predicted octanol–water partition coefficient (Wildman–Crippen LogP) is 1.19. The van der Waals surface area contributed by atoms with Crippen molar-refractivity contribution in [2.24, 2.45) is 0 Å². The highest BCUT2D eigenvalue weighted by molar-refractivity contribution is 7.92. The fourth-order valence-corrected chi connectivity index (χ4v) is 4.18. The van der Waals surface area contributed by atoms with Crippen molar-refractivity contribution in [1.82, 2.24) is 9.47 Å². The molecule has 26 heavy (non-hydrogen) atoms. The van der Waals surface area contributed by atoms with Crippen molar-refractivity contribution >= 4 is 32.6 Å². The zero-order chi connectivity index (χ0) is 18.6. The summed E-state index contributed by atoms with van der Waals surface area (Å²) in [6.07, 6.45) is 2.24. The summed E-state index contributed by atoms with van der Waals surface area (Å²) in [5.41, 5.74) is 1.24. The summed E-state index contributed by atoms with van der Waals surface area (Å²) in [6.45, 7) is 3.70. The number of fused-ring (bicyclic) bond motifs is 1. The molecule has 0 bridgehead atoms. The number of hydrogen-bond acceptors (Lipinski definition) is 5. The van der Waals surface area contributed by atoms with Crippen LogP contribution in [0.1, 0.15) is 6.42 Å². The lowest BCUT2D eigenvalue weighted by Crippen LogP contribution is -2.37. The molecule has 1 aromatic heterocycles. The molecule has 1 saturated heterocycles. The van der Waals surface area contributed by atoms with Crippen LogP contribution in [0, 0.1) is 0 Å². The summed E-state index contributed by atoms with van der Waals surface area (Å²) in [5.74, 6) is -0.866. The Hall–Kier alpha value is -2.10. The quantitative estimate of drug-likeness (QED) is 0.712. The minimum absolute atomic E-state index is 0.0580. The van der Waals surface area contributed by atoms with Crippen LogP contribution in [0.15, 0.2) is 30.5 Å². The lowest BCUT2D eigenvalue weighted by molar-refractivity contribution is -0.137. The summed E-state index contributed by atoms with van der Waals surface area (Å²) in [4.78, 5) is 13.1.